The third-order valence-electron chi connectivity index (χ3n) is 6.38. The third kappa shape index (κ3) is 3.81. The lowest BCUT2D eigenvalue weighted by atomic mass is 9.68. The molecule has 4 nitrogen and oxygen atoms in total. The summed E-state index contributed by atoms with van der Waals surface area (Å²) in [5.74, 6) is 0.0607. The van der Waals surface area contributed by atoms with E-state index in [1.807, 2.05) is 36.5 Å². The van der Waals surface area contributed by atoms with Gasteiger partial charge in [-0.3, -0.25) is 9.78 Å². The molecule has 0 saturated heterocycles. The number of rotatable bonds is 6. The van der Waals surface area contributed by atoms with E-state index in [2.05, 4.69) is 16.0 Å². The van der Waals surface area contributed by atoms with Crippen molar-refractivity contribution in [3.8, 4) is 0 Å². The Balaban J connectivity index is 1.54. The molecule has 1 heterocycles. The minimum absolute atomic E-state index is 0.0607. The van der Waals surface area contributed by atoms with Gasteiger partial charge in [-0.15, -0.1) is 0 Å². The van der Waals surface area contributed by atoms with E-state index in [1.165, 1.54) is 0 Å². The van der Waals surface area contributed by atoms with E-state index in [9.17, 15) is 9.90 Å². The Morgan fingerprint density at radius 3 is 2.36 bits per heavy atom. The van der Waals surface area contributed by atoms with Crippen molar-refractivity contribution in [2.45, 2.75) is 62.4 Å². The highest BCUT2D eigenvalue weighted by molar-refractivity contribution is 6.33. The fourth-order valence-corrected chi connectivity index (χ4v) is 4.93. The second-order valence-corrected chi connectivity index (χ2v) is 8.53. The van der Waals surface area contributed by atoms with Gasteiger partial charge in [-0.2, -0.15) is 0 Å². The van der Waals surface area contributed by atoms with Crippen LogP contribution in [0.3, 0.4) is 0 Å². The summed E-state index contributed by atoms with van der Waals surface area (Å²) in [5, 5.41) is 10.2. The number of aliphatic hydroxyl groups is 1. The van der Waals surface area contributed by atoms with Gasteiger partial charge in [-0.1, -0.05) is 29.8 Å². The van der Waals surface area contributed by atoms with E-state index in [4.69, 9.17) is 11.6 Å². The second kappa shape index (κ2) is 8.22. The van der Waals surface area contributed by atoms with Gasteiger partial charge in [0, 0.05) is 36.0 Å². The van der Waals surface area contributed by atoms with E-state index >= 15 is 0 Å². The quantitative estimate of drug-likeness (QED) is 0.773. The zero-order chi connectivity index (χ0) is 19.6. The molecule has 28 heavy (non-hydrogen) atoms. The molecule has 148 valence electrons. The number of hydrogen-bond acceptors (Lipinski definition) is 3. The van der Waals surface area contributed by atoms with Crippen LogP contribution in [0, 0.1) is 0 Å². The monoisotopic (exact) mass is 398 g/mol. The minimum Gasteiger partial charge on any atom is -0.396 e. The van der Waals surface area contributed by atoms with Crippen molar-refractivity contribution in [1.29, 1.82) is 0 Å². The Morgan fingerprint density at radius 2 is 1.75 bits per heavy atom. The summed E-state index contributed by atoms with van der Waals surface area (Å²) >= 11 is 6.31. The van der Waals surface area contributed by atoms with Crippen molar-refractivity contribution in [1.82, 2.24) is 9.88 Å². The first-order valence-corrected chi connectivity index (χ1v) is 10.6. The summed E-state index contributed by atoms with van der Waals surface area (Å²) in [5.41, 5.74) is 1.58. The van der Waals surface area contributed by atoms with Crippen LogP contribution in [0.1, 0.15) is 61.0 Å². The molecule has 2 aliphatic rings. The molecule has 0 unspecified atom stereocenters. The predicted molar refractivity (Wildman–Crippen MR) is 111 cm³/mol. The molecule has 1 amide bonds. The highest BCUT2D eigenvalue weighted by atomic mass is 35.5. The second-order valence-electron chi connectivity index (χ2n) is 8.12. The molecule has 0 spiro atoms. The molecule has 0 radical (unpaired) electrons. The van der Waals surface area contributed by atoms with Gasteiger partial charge < -0.3 is 10.0 Å². The molecule has 0 bridgehead atoms. The fourth-order valence-electron chi connectivity index (χ4n) is 4.71. The highest BCUT2D eigenvalue weighted by Crippen LogP contribution is 2.44. The van der Waals surface area contributed by atoms with E-state index in [1.54, 1.807) is 6.07 Å². The lowest BCUT2D eigenvalue weighted by Gasteiger charge is -2.43. The Morgan fingerprint density at radius 1 is 1.07 bits per heavy atom. The lowest BCUT2D eigenvalue weighted by molar-refractivity contribution is 0.0548. The van der Waals surface area contributed by atoms with Crippen molar-refractivity contribution in [2.75, 3.05) is 6.61 Å². The van der Waals surface area contributed by atoms with Gasteiger partial charge in [0.25, 0.3) is 5.91 Å². The molecule has 2 aromatic rings. The Bertz CT molecular complexity index is 814. The summed E-state index contributed by atoms with van der Waals surface area (Å²) in [6.07, 6.45) is 8.45. The Hall–Kier alpha value is -1.91. The number of halogens is 1. The van der Waals surface area contributed by atoms with E-state index in [0.717, 1.165) is 50.6 Å². The zero-order valence-electron chi connectivity index (χ0n) is 16.1. The van der Waals surface area contributed by atoms with Crippen LogP contribution < -0.4 is 0 Å². The maximum absolute atomic E-state index is 13.3. The molecule has 2 fully saturated rings. The average molecular weight is 399 g/mol. The SMILES string of the molecule is O=C(c1ccccc1Cl)N(C1CC1)C1CCC(CCO)(c2ccccn2)CC1. The van der Waals surface area contributed by atoms with Crippen molar-refractivity contribution in [3.63, 3.8) is 0 Å². The standard InChI is InChI=1S/C23H27ClN2O2/c24-20-6-2-1-5-19(20)22(28)26(17-8-9-17)18-10-12-23(13-11-18,14-16-27)21-7-3-4-15-25-21/h1-7,15,17-18,27H,8-14,16H2. The Labute approximate surface area is 171 Å². The number of nitrogens with zero attached hydrogens (tertiary/aromatic N) is 2. The van der Waals surface area contributed by atoms with Crippen LogP contribution in [-0.4, -0.2) is 39.6 Å². The van der Waals surface area contributed by atoms with Gasteiger partial charge in [-0.05, 0) is 69.2 Å². The van der Waals surface area contributed by atoms with Gasteiger partial charge in [0.15, 0.2) is 0 Å². The molecule has 0 aliphatic heterocycles. The Kier molecular flexibility index (Phi) is 5.70. The molecular formula is C23H27ClN2O2. The number of carbonyl (C=O) groups is 1. The highest BCUT2D eigenvalue weighted by Gasteiger charge is 2.44. The van der Waals surface area contributed by atoms with Crippen LogP contribution in [0.5, 0.6) is 0 Å². The zero-order valence-corrected chi connectivity index (χ0v) is 16.8. The van der Waals surface area contributed by atoms with Gasteiger partial charge in [0.05, 0.1) is 10.6 Å². The number of carbonyl (C=O) groups excluding carboxylic acids is 1. The first-order chi connectivity index (χ1) is 13.6. The van der Waals surface area contributed by atoms with Crippen molar-refractivity contribution < 1.29 is 9.90 Å². The van der Waals surface area contributed by atoms with Crippen molar-refractivity contribution in [2.24, 2.45) is 0 Å². The third-order valence-corrected chi connectivity index (χ3v) is 6.71. The normalized spacial score (nSPS) is 24.7. The summed E-state index contributed by atoms with van der Waals surface area (Å²) in [7, 11) is 0. The van der Waals surface area contributed by atoms with Crippen LogP contribution in [-0.2, 0) is 5.41 Å². The molecule has 1 aromatic carbocycles. The van der Waals surface area contributed by atoms with Crippen LogP contribution in [0.2, 0.25) is 5.02 Å². The average Bonchev–Trinajstić information content (AvgIpc) is 3.56. The van der Waals surface area contributed by atoms with Crippen molar-refractivity contribution >= 4 is 17.5 Å². The molecule has 1 N–H and O–H groups in total. The summed E-state index contributed by atoms with van der Waals surface area (Å²) in [6, 6.07) is 13.9. The lowest BCUT2D eigenvalue weighted by Crippen LogP contribution is -2.47. The molecule has 5 heteroatoms. The molecule has 2 saturated carbocycles. The topological polar surface area (TPSA) is 53.4 Å². The van der Waals surface area contributed by atoms with Gasteiger partial charge in [-0.25, -0.2) is 0 Å². The van der Waals surface area contributed by atoms with E-state index in [-0.39, 0.29) is 24.0 Å². The maximum atomic E-state index is 13.3. The van der Waals surface area contributed by atoms with E-state index < -0.39 is 0 Å². The first kappa shape index (κ1) is 19.4. The number of amides is 1. The smallest absolute Gasteiger partial charge is 0.255 e. The molecule has 0 atom stereocenters. The number of pyridine rings is 1. The summed E-state index contributed by atoms with van der Waals surface area (Å²) in [6.45, 7) is 0.159. The molecule has 1 aromatic heterocycles. The maximum Gasteiger partial charge on any atom is 0.255 e. The van der Waals surface area contributed by atoms with Crippen LogP contribution >= 0.6 is 11.6 Å². The number of benzene rings is 1. The molecule has 4 rings (SSSR count). The summed E-state index contributed by atoms with van der Waals surface area (Å²) < 4.78 is 0. The fraction of sp³-hybridized carbons (Fsp3) is 0.478. The largest absolute Gasteiger partial charge is 0.396 e. The minimum atomic E-state index is -0.0881. The summed E-state index contributed by atoms with van der Waals surface area (Å²) in [4.78, 5) is 20.0. The van der Waals surface area contributed by atoms with Gasteiger partial charge >= 0.3 is 0 Å². The van der Waals surface area contributed by atoms with E-state index in [0.29, 0.717) is 16.6 Å². The van der Waals surface area contributed by atoms with Crippen LogP contribution in [0.15, 0.2) is 48.7 Å². The number of hydrogen-bond donors (Lipinski definition) is 1. The number of aliphatic hydroxyl groups excluding tert-OH is 1. The number of aromatic nitrogens is 1. The van der Waals surface area contributed by atoms with Crippen LogP contribution in [0.4, 0.5) is 0 Å². The predicted octanol–water partition coefficient (Wildman–Crippen LogP) is 4.60. The van der Waals surface area contributed by atoms with Crippen molar-refractivity contribution in [3.05, 3.63) is 64.9 Å². The van der Waals surface area contributed by atoms with Gasteiger partial charge in [0.1, 0.15) is 0 Å². The van der Waals surface area contributed by atoms with Gasteiger partial charge in [0.2, 0.25) is 0 Å². The first-order valence-electron chi connectivity index (χ1n) is 10.2. The molecule has 2 aliphatic carbocycles. The molecular weight excluding hydrogens is 372 g/mol. The van der Waals surface area contributed by atoms with Crippen LogP contribution in [0.25, 0.3) is 0 Å².